The highest BCUT2D eigenvalue weighted by Gasteiger charge is 2.17. The lowest BCUT2D eigenvalue weighted by Gasteiger charge is -2.21. The molecule has 1 aromatic carbocycles. The van der Waals surface area contributed by atoms with Crippen LogP contribution < -0.4 is 10.3 Å². The van der Waals surface area contributed by atoms with Crippen LogP contribution in [0.15, 0.2) is 27.8 Å². The third-order valence-electron chi connectivity index (χ3n) is 3.99. The highest BCUT2D eigenvalue weighted by atomic mass is 79.9. The van der Waals surface area contributed by atoms with E-state index in [0.29, 0.717) is 10.0 Å². The lowest BCUT2D eigenvalue weighted by atomic mass is 10.2. The molecule has 134 valence electrons. The van der Waals surface area contributed by atoms with Crippen molar-refractivity contribution in [2.75, 3.05) is 18.0 Å². The topological polar surface area (TPSA) is 82.8 Å². The van der Waals surface area contributed by atoms with Crippen molar-refractivity contribution < 1.29 is 9.90 Å². The van der Waals surface area contributed by atoms with Crippen LogP contribution in [0.3, 0.4) is 0 Å². The number of aromatic nitrogens is 2. The third-order valence-corrected chi connectivity index (χ3v) is 4.94. The molecule has 0 atom stereocenters. The smallest absolute Gasteiger partial charge is 0.293 e. The lowest BCUT2D eigenvalue weighted by Crippen LogP contribution is -2.21. The molecule has 1 amide bonds. The Labute approximate surface area is 155 Å². The van der Waals surface area contributed by atoms with Gasteiger partial charge in [-0.25, -0.2) is 5.43 Å². The first-order valence-electron chi connectivity index (χ1n) is 7.99. The number of benzene rings is 1. The molecule has 0 saturated heterocycles. The number of aryl methyl sites for hydroxylation is 1. The van der Waals surface area contributed by atoms with Crippen molar-refractivity contribution in [2.45, 2.75) is 20.8 Å². The number of hydrogen-bond acceptors (Lipinski definition) is 5. The van der Waals surface area contributed by atoms with Crippen molar-refractivity contribution in [3.05, 3.63) is 39.6 Å². The number of phenols is 1. The molecule has 0 fully saturated rings. The number of aromatic hydroxyl groups is 1. The van der Waals surface area contributed by atoms with Crippen LogP contribution in [0.1, 0.15) is 35.6 Å². The number of rotatable bonds is 6. The predicted octanol–water partition coefficient (Wildman–Crippen LogP) is 2.81. The van der Waals surface area contributed by atoms with Crippen LogP contribution in [-0.2, 0) is 7.05 Å². The Kier molecular flexibility index (Phi) is 6.19. The number of nitrogens with one attached hydrogen (secondary N) is 1. The molecule has 0 aliphatic carbocycles. The number of carbonyl (C=O) groups is 1. The maximum absolute atomic E-state index is 12.1. The van der Waals surface area contributed by atoms with Crippen molar-refractivity contribution in [3.8, 4) is 5.75 Å². The Balaban J connectivity index is 2.09. The molecule has 0 aliphatic rings. The first-order valence-corrected chi connectivity index (χ1v) is 8.78. The van der Waals surface area contributed by atoms with Crippen molar-refractivity contribution in [1.29, 1.82) is 0 Å². The fraction of sp³-hybridized carbons (Fsp3) is 0.353. The number of carbonyl (C=O) groups excluding carboxylic acids is 1. The van der Waals surface area contributed by atoms with Gasteiger partial charge in [0.15, 0.2) is 5.69 Å². The molecule has 1 aromatic heterocycles. The van der Waals surface area contributed by atoms with Gasteiger partial charge in [0.25, 0.3) is 5.91 Å². The van der Waals surface area contributed by atoms with E-state index < -0.39 is 5.91 Å². The van der Waals surface area contributed by atoms with Gasteiger partial charge < -0.3 is 10.0 Å². The van der Waals surface area contributed by atoms with E-state index in [4.69, 9.17) is 0 Å². The largest absolute Gasteiger partial charge is 0.507 e. The van der Waals surface area contributed by atoms with E-state index in [1.807, 2.05) is 13.0 Å². The van der Waals surface area contributed by atoms with Crippen LogP contribution in [0.2, 0.25) is 0 Å². The van der Waals surface area contributed by atoms with Crippen molar-refractivity contribution in [3.63, 3.8) is 0 Å². The molecule has 0 aliphatic heterocycles. The van der Waals surface area contributed by atoms with E-state index in [0.717, 1.165) is 24.5 Å². The van der Waals surface area contributed by atoms with Crippen LogP contribution >= 0.6 is 15.9 Å². The molecule has 0 spiro atoms. The molecule has 0 unspecified atom stereocenters. The van der Waals surface area contributed by atoms with E-state index in [9.17, 15) is 9.90 Å². The third kappa shape index (κ3) is 4.19. The lowest BCUT2D eigenvalue weighted by molar-refractivity contribution is 0.0948. The second-order valence-corrected chi connectivity index (χ2v) is 6.28. The normalized spacial score (nSPS) is 11.1. The second kappa shape index (κ2) is 8.15. The summed E-state index contributed by atoms with van der Waals surface area (Å²) in [5.74, 6) is -0.316. The van der Waals surface area contributed by atoms with Crippen LogP contribution in [-0.4, -0.2) is 40.1 Å². The van der Waals surface area contributed by atoms with Gasteiger partial charge in [0.1, 0.15) is 5.75 Å². The highest BCUT2D eigenvalue weighted by molar-refractivity contribution is 9.10. The first kappa shape index (κ1) is 19.0. The zero-order chi connectivity index (χ0) is 18.6. The second-order valence-electron chi connectivity index (χ2n) is 5.49. The zero-order valence-electron chi connectivity index (χ0n) is 14.7. The van der Waals surface area contributed by atoms with Gasteiger partial charge in [0, 0.05) is 37.5 Å². The van der Waals surface area contributed by atoms with E-state index in [2.05, 4.69) is 50.3 Å². The van der Waals surface area contributed by atoms with Crippen molar-refractivity contribution >= 4 is 33.7 Å². The standard InChI is InChI=1S/C17H22BrN5O2/c1-5-23(6-2)13-8-7-12(14(24)9-13)10-19-20-17(25)16-15(18)11(3)22(4)21-16/h7-10,24H,5-6H2,1-4H3,(H,20,25)/b19-10-. The van der Waals surface area contributed by atoms with Crippen LogP contribution in [0.25, 0.3) is 0 Å². The number of halogens is 1. The minimum atomic E-state index is -0.425. The van der Waals surface area contributed by atoms with Crippen molar-refractivity contribution in [1.82, 2.24) is 15.2 Å². The number of anilines is 1. The average Bonchev–Trinajstić information content (AvgIpc) is 2.85. The van der Waals surface area contributed by atoms with Gasteiger partial charge in [-0.2, -0.15) is 10.2 Å². The Morgan fingerprint density at radius 2 is 2.12 bits per heavy atom. The van der Waals surface area contributed by atoms with Gasteiger partial charge >= 0.3 is 0 Å². The van der Waals surface area contributed by atoms with Gasteiger partial charge in [-0.1, -0.05) is 0 Å². The summed E-state index contributed by atoms with van der Waals surface area (Å²) in [4.78, 5) is 14.3. The van der Waals surface area contributed by atoms with E-state index in [-0.39, 0.29) is 11.4 Å². The number of amides is 1. The van der Waals surface area contributed by atoms with Crippen molar-refractivity contribution in [2.24, 2.45) is 12.1 Å². The summed E-state index contributed by atoms with van der Waals surface area (Å²) in [5, 5.41) is 18.2. The summed E-state index contributed by atoms with van der Waals surface area (Å²) in [6.07, 6.45) is 1.41. The SMILES string of the molecule is CCN(CC)c1ccc(/C=N\NC(=O)c2nn(C)c(C)c2Br)c(O)c1. The Hall–Kier alpha value is -2.35. The summed E-state index contributed by atoms with van der Waals surface area (Å²) in [6, 6.07) is 5.36. The summed E-state index contributed by atoms with van der Waals surface area (Å²) in [6.45, 7) is 7.69. The summed E-state index contributed by atoms with van der Waals surface area (Å²) >= 11 is 3.34. The zero-order valence-corrected chi connectivity index (χ0v) is 16.3. The summed E-state index contributed by atoms with van der Waals surface area (Å²) in [7, 11) is 1.76. The van der Waals surface area contributed by atoms with Gasteiger partial charge in [-0.3, -0.25) is 9.48 Å². The number of nitrogens with zero attached hydrogens (tertiary/aromatic N) is 4. The summed E-state index contributed by atoms with van der Waals surface area (Å²) in [5.41, 5.74) is 4.99. The average molecular weight is 408 g/mol. The maximum Gasteiger partial charge on any atom is 0.293 e. The molecule has 1 heterocycles. The van der Waals surface area contributed by atoms with E-state index >= 15 is 0 Å². The van der Waals surface area contributed by atoms with Gasteiger partial charge in [0.2, 0.25) is 0 Å². The van der Waals surface area contributed by atoms with Gasteiger partial charge in [0.05, 0.1) is 16.4 Å². The minimum absolute atomic E-state index is 0.109. The number of phenolic OH excluding ortho intramolecular Hbond substituents is 1. The quantitative estimate of drug-likeness (QED) is 0.569. The number of hydrazone groups is 1. The Morgan fingerprint density at radius 1 is 1.44 bits per heavy atom. The molecule has 8 heteroatoms. The molecule has 0 radical (unpaired) electrons. The molecular weight excluding hydrogens is 386 g/mol. The fourth-order valence-corrected chi connectivity index (χ4v) is 2.88. The molecule has 2 rings (SSSR count). The number of hydrogen-bond donors (Lipinski definition) is 2. The molecule has 2 N–H and O–H groups in total. The molecule has 25 heavy (non-hydrogen) atoms. The van der Waals surface area contributed by atoms with E-state index in [1.54, 1.807) is 23.9 Å². The molecule has 0 bridgehead atoms. The molecule has 7 nitrogen and oxygen atoms in total. The highest BCUT2D eigenvalue weighted by Crippen LogP contribution is 2.23. The Morgan fingerprint density at radius 3 is 2.64 bits per heavy atom. The maximum atomic E-state index is 12.1. The van der Waals surface area contributed by atoms with Crippen LogP contribution in [0.4, 0.5) is 5.69 Å². The molecule has 0 saturated carbocycles. The van der Waals surface area contributed by atoms with Gasteiger partial charge in [-0.05, 0) is 48.8 Å². The van der Waals surface area contributed by atoms with Gasteiger partial charge in [-0.15, -0.1) is 0 Å². The Bertz CT molecular complexity index is 797. The first-order chi connectivity index (χ1) is 11.9. The fourth-order valence-electron chi connectivity index (χ4n) is 2.37. The van der Waals surface area contributed by atoms with Crippen LogP contribution in [0.5, 0.6) is 5.75 Å². The summed E-state index contributed by atoms with van der Waals surface area (Å²) < 4.78 is 2.25. The monoisotopic (exact) mass is 407 g/mol. The predicted molar refractivity (Wildman–Crippen MR) is 102 cm³/mol. The molecular formula is C17H22BrN5O2. The van der Waals surface area contributed by atoms with E-state index in [1.165, 1.54) is 6.21 Å². The van der Waals surface area contributed by atoms with Crippen LogP contribution in [0, 0.1) is 6.92 Å². The minimum Gasteiger partial charge on any atom is -0.507 e. The molecule has 2 aromatic rings.